The zero-order chi connectivity index (χ0) is 12.7. The Morgan fingerprint density at radius 1 is 1.24 bits per heavy atom. The molecular formula is C13H16O4. The molecule has 0 heterocycles. The predicted octanol–water partition coefficient (Wildman–Crippen LogP) is 1.72. The summed E-state index contributed by atoms with van der Waals surface area (Å²) in [5.74, 6) is -0.996. The fraction of sp³-hybridized carbons (Fsp3) is 0.385. The molecule has 0 N–H and O–H groups in total. The van der Waals surface area contributed by atoms with Crippen LogP contribution in [0.4, 0.5) is 0 Å². The van der Waals surface area contributed by atoms with E-state index in [0.717, 1.165) is 5.56 Å². The Morgan fingerprint density at radius 3 is 2.41 bits per heavy atom. The highest BCUT2D eigenvalue weighted by Crippen LogP contribution is 2.09. The van der Waals surface area contributed by atoms with E-state index in [4.69, 9.17) is 4.74 Å². The fourth-order valence-electron chi connectivity index (χ4n) is 1.50. The minimum atomic E-state index is -0.822. The molecule has 1 atom stereocenters. The molecule has 92 valence electrons. The first-order chi connectivity index (χ1) is 8.13. The van der Waals surface area contributed by atoms with Gasteiger partial charge in [-0.2, -0.15) is 0 Å². The van der Waals surface area contributed by atoms with E-state index >= 15 is 0 Å². The quantitative estimate of drug-likeness (QED) is 0.730. The Balaban J connectivity index is 2.55. The normalized spacial score (nSPS) is 11.6. The molecule has 0 saturated heterocycles. The predicted molar refractivity (Wildman–Crippen MR) is 62.3 cm³/mol. The number of hydrogen-bond donors (Lipinski definition) is 0. The second kappa shape index (κ2) is 6.68. The van der Waals surface area contributed by atoms with E-state index in [0.29, 0.717) is 12.8 Å². The lowest BCUT2D eigenvalue weighted by molar-refractivity contribution is -0.165. The molecule has 4 heteroatoms. The lowest BCUT2D eigenvalue weighted by atomic mass is 10.1. The van der Waals surface area contributed by atoms with Gasteiger partial charge in [0.1, 0.15) is 0 Å². The van der Waals surface area contributed by atoms with Crippen molar-refractivity contribution in [3.8, 4) is 0 Å². The van der Waals surface area contributed by atoms with Gasteiger partial charge in [-0.25, -0.2) is 4.79 Å². The van der Waals surface area contributed by atoms with Crippen LogP contribution in [-0.4, -0.2) is 25.2 Å². The second-order valence-corrected chi connectivity index (χ2v) is 3.65. The van der Waals surface area contributed by atoms with Gasteiger partial charge in [0, 0.05) is 6.92 Å². The molecule has 4 nitrogen and oxygen atoms in total. The molecule has 0 spiro atoms. The maximum atomic E-state index is 11.4. The summed E-state index contributed by atoms with van der Waals surface area (Å²) in [5, 5.41) is 0. The summed E-state index contributed by atoms with van der Waals surface area (Å²) in [5.41, 5.74) is 1.09. The van der Waals surface area contributed by atoms with Crippen LogP contribution in [0.1, 0.15) is 18.9 Å². The van der Waals surface area contributed by atoms with Gasteiger partial charge in [0.15, 0.2) is 6.10 Å². The molecule has 0 aromatic heterocycles. The van der Waals surface area contributed by atoms with E-state index < -0.39 is 18.0 Å². The summed E-state index contributed by atoms with van der Waals surface area (Å²) in [7, 11) is 1.28. The molecule has 0 unspecified atom stereocenters. The third-order valence-electron chi connectivity index (χ3n) is 2.31. The largest absolute Gasteiger partial charge is 0.466 e. The summed E-state index contributed by atoms with van der Waals surface area (Å²) in [4.78, 5) is 22.2. The van der Waals surface area contributed by atoms with Crippen LogP contribution in [0.3, 0.4) is 0 Å². The third kappa shape index (κ3) is 4.68. The molecule has 0 radical (unpaired) electrons. The van der Waals surface area contributed by atoms with Crippen molar-refractivity contribution in [2.75, 3.05) is 7.11 Å². The summed E-state index contributed by atoms with van der Waals surface area (Å²) in [6.45, 7) is 1.28. The maximum Gasteiger partial charge on any atom is 0.347 e. The van der Waals surface area contributed by atoms with Gasteiger partial charge in [-0.15, -0.1) is 0 Å². The smallest absolute Gasteiger partial charge is 0.347 e. The Bertz CT molecular complexity index is 372. The van der Waals surface area contributed by atoms with Crippen LogP contribution in [0.15, 0.2) is 30.3 Å². The summed E-state index contributed by atoms with van der Waals surface area (Å²) < 4.78 is 9.50. The van der Waals surface area contributed by atoms with Crippen molar-refractivity contribution in [3.05, 3.63) is 35.9 Å². The first-order valence-electron chi connectivity index (χ1n) is 5.42. The molecule has 0 saturated carbocycles. The van der Waals surface area contributed by atoms with Crippen molar-refractivity contribution in [3.63, 3.8) is 0 Å². The number of methoxy groups -OCH3 is 1. The lowest BCUT2D eigenvalue weighted by Crippen LogP contribution is -2.28. The van der Waals surface area contributed by atoms with Crippen LogP contribution in [0.25, 0.3) is 0 Å². The maximum absolute atomic E-state index is 11.4. The van der Waals surface area contributed by atoms with Crippen LogP contribution in [0, 0.1) is 0 Å². The highest BCUT2D eigenvalue weighted by Gasteiger charge is 2.21. The highest BCUT2D eigenvalue weighted by atomic mass is 16.6. The first kappa shape index (κ1) is 13.2. The van der Waals surface area contributed by atoms with E-state index in [9.17, 15) is 9.59 Å². The van der Waals surface area contributed by atoms with Gasteiger partial charge in [0.25, 0.3) is 0 Å². The van der Waals surface area contributed by atoms with Gasteiger partial charge in [-0.3, -0.25) is 4.79 Å². The van der Waals surface area contributed by atoms with Crippen LogP contribution >= 0.6 is 0 Å². The molecule has 0 aliphatic carbocycles. The molecule has 1 aromatic carbocycles. The molecule has 1 aromatic rings. The Labute approximate surface area is 101 Å². The molecule has 0 fully saturated rings. The monoisotopic (exact) mass is 236 g/mol. The number of carbonyl (C=O) groups is 2. The van der Waals surface area contributed by atoms with Gasteiger partial charge < -0.3 is 9.47 Å². The molecule has 1 rings (SSSR count). The molecule has 0 bridgehead atoms. The number of aryl methyl sites for hydroxylation is 1. The summed E-state index contributed by atoms with van der Waals surface area (Å²) in [6, 6.07) is 9.69. The van der Waals surface area contributed by atoms with Crippen molar-refractivity contribution in [2.24, 2.45) is 0 Å². The van der Waals surface area contributed by atoms with Gasteiger partial charge in [0.2, 0.25) is 0 Å². The minimum absolute atomic E-state index is 0.427. The van der Waals surface area contributed by atoms with E-state index in [2.05, 4.69) is 4.74 Å². The number of ether oxygens (including phenoxy) is 2. The second-order valence-electron chi connectivity index (χ2n) is 3.65. The standard InChI is InChI=1S/C13H16O4/c1-10(14)17-12(13(15)16-2)9-8-11-6-4-3-5-7-11/h3-7,12H,8-9H2,1-2H3/t12-/m1/s1. The SMILES string of the molecule is COC(=O)[C@@H](CCc1ccccc1)OC(C)=O. The first-order valence-corrected chi connectivity index (χ1v) is 5.42. The van der Waals surface area contributed by atoms with E-state index in [-0.39, 0.29) is 0 Å². The zero-order valence-corrected chi connectivity index (χ0v) is 10.0. The zero-order valence-electron chi connectivity index (χ0n) is 10.0. The third-order valence-corrected chi connectivity index (χ3v) is 2.31. The lowest BCUT2D eigenvalue weighted by Gasteiger charge is -2.14. The molecule has 17 heavy (non-hydrogen) atoms. The topological polar surface area (TPSA) is 52.6 Å². The number of hydrogen-bond acceptors (Lipinski definition) is 4. The summed E-state index contributed by atoms with van der Waals surface area (Å²) >= 11 is 0. The molecule has 0 aliphatic rings. The number of carbonyl (C=O) groups excluding carboxylic acids is 2. The van der Waals surface area contributed by atoms with Crippen molar-refractivity contribution >= 4 is 11.9 Å². The van der Waals surface area contributed by atoms with Crippen LogP contribution in [0.2, 0.25) is 0 Å². The van der Waals surface area contributed by atoms with Gasteiger partial charge in [-0.05, 0) is 18.4 Å². The number of benzene rings is 1. The van der Waals surface area contributed by atoms with Crippen molar-refractivity contribution in [1.82, 2.24) is 0 Å². The Morgan fingerprint density at radius 2 is 1.88 bits per heavy atom. The van der Waals surface area contributed by atoms with Crippen LogP contribution in [-0.2, 0) is 25.5 Å². The number of rotatable bonds is 5. The molecular weight excluding hydrogens is 220 g/mol. The van der Waals surface area contributed by atoms with Gasteiger partial charge in [-0.1, -0.05) is 30.3 Å². The highest BCUT2D eigenvalue weighted by molar-refractivity contribution is 5.78. The number of esters is 2. The van der Waals surface area contributed by atoms with E-state index in [1.807, 2.05) is 30.3 Å². The van der Waals surface area contributed by atoms with Crippen molar-refractivity contribution in [2.45, 2.75) is 25.9 Å². The summed E-state index contributed by atoms with van der Waals surface area (Å²) in [6.07, 6.45) is 0.266. The average Bonchev–Trinajstić information content (AvgIpc) is 2.34. The van der Waals surface area contributed by atoms with E-state index in [1.54, 1.807) is 0 Å². The molecule has 0 aliphatic heterocycles. The Kier molecular flexibility index (Phi) is 5.20. The van der Waals surface area contributed by atoms with Crippen LogP contribution < -0.4 is 0 Å². The van der Waals surface area contributed by atoms with E-state index in [1.165, 1.54) is 14.0 Å². The minimum Gasteiger partial charge on any atom is -0.466 e. The molecule has 0 amide bonds. The van der Waals surface area contributed by atoms with Crippen LogP contribution in [0.5, 0.6) is 0 Å². The van der Waals surface area contributed by atoms with Gasteiger partial charge in [0.05, 0.1) is 7.11 Å². The Hall–Kier alpha value is -1.84. The van der Waals surface area contributed by atoms with Crippen molar-refractivity contribution in [1.29, 1.82) is 0 Å². The fourth-order valence-corrected chi connectivity index (χ4v) is 1.50. The van der Waals surface area contributed by atoms with Gasteiger partial charge >= 0.3 is 11.9 Å². The van der Waals surface area contributed by atoms with Crippen molar-refractivity contribution < 1.29 is 19.1 Å². The average molecular weight is 236 g/mol.